The molecule has 1 fully saturated rings. The van der Waals surface area contributed by atoms with E-state index < -0.39 is 5.92 Å². The van der Waals surface area contributed by atoms with Crippen molar-refractivity contribution in [1.29, 1.82) is 0 Å². The van der Waals surface area contributed by atoms with E-state index in [0.29, 0.717) is 0 Å². The number of ether oxygens (including phenoxy) is 1. The fourth-order valence-electron chi connectivity index (χ4n) is 2.74. The molecule has 0 N–H and O–H groups in total. The molecule has 4 nitrogen and oxygen atoms in total. The lowest BCUT2D eigenvalue weighted by Crippen LogP contribution is -2.39. The number of rotatable bonds is 4. The molecule has 0 amide bonds. The number of carbonyl (C=O) groups excluding carboxylic acids is 3. The van der Waals surface area contributed by atoms with Gasteiger partial charge in [-0.15, -0.1) is 0 Å². The van der Waals surface area contributed by atoms with Gasteiger partial charge in [0.1, 0.15) is 11.7 Å². The van der Waals surface area contributed by atoms with Gasteiger partial charge in [0, 0.05) is 18.8 Å². The first-order chi connectivity index (χ1) is 9.93. The maximum absolute atomic E-state index is 12.2. The summed E-state index contributed by atoms with van der Waals surface area (Å²) < 4.78 is 5.10. The smallest absolute Gasteiger partial charge is 0.153 e. The monoisotopic (exact) mass is 288 g/mol. The molecule has 0 spiro atoms. The van der Waals surface area contributed by atoms with Crippen LogP contribution in [0.1, 0.15) is 38.2 Å². The molecule has 21 heavy (non-hydrogen) atoms. The van der Waals surface area contributed by atoms with Gasteiger partial charge in [0.15, 0.2) is 17.3 Å². The summed E-state index contributed by atoms with van der Waals surface area (Å²) in [6.45, 7) is 3.44. The highest BCUT2D eigenvalue weighted by Crippen LogP contribution is 2.33. The number of benzene rings is 1. The predicted molar refractivity (Wildman–Crippen MR) is 78.3 cm³/mol. The molecular formula is C17H20O4. The van der Waals surface area contributed by atoms with Gasteiger partial charge in [0.2, 0.25) is 0 Å². The topological polar surface area (TPSA) is 60.4 Å². The lowest BCUT2D eigenvalue weighted by molar-refractivity contribution is -0.143. The third kappa shape index (κ3) is 3.20. The molecule has 1 aromatic rings. The second kappa shape index (κ2) is 6.20. The van der Waals surface area contributed by atoms with Gasteiger partial charge < -0.3 is 4.74 Å². The van der Waals surface area contributed by atoms with E-state index in [9.17, 15) is 14.4 Å². The van der Waals surface area contributed by atoms with Crippen LogP contribution in [0.4, 0.5) is 0 Å². The molecule has 1 aromatic carbocycles. The minimum atomic E-state index is -1.04. The van der Waals surface area contributed by atoms with Crippen molar-refractivity contribution < 1.29 is 19.1 Å². The Bertz CT molecular complexity index is 539. The van der Waals surface area contributed by atoms with Crippen LogP contribution in [0.2, 0.25) is 0 Å². The number of ketones is 3. The van der Waals surface area contributed by atoms with E-state index in [2.05, 4.69) is 0 Å². The molecule has 0 heterocycles. The Morgan fingerprint density at radius 1 is 1.10 bits per heavy atom. The van der Waals surface area contributed by atoms with Gasteiger partial charge in [-0.3, -0.25) is 14.4 Å². The maximum atomic E-state index is 12.2. The lowest BCUT2D eigenvalue weighted by Gasteiger charge is -2.26. The van der Waals surface area contributed by atoms with Crippen LogP contribution in [-0.2, 0) is 14.4 Å². The Morgan fingerprint density at radius 3 is 2.05 bits per heavy atom. The largest absolute Gasteiger partial charge is 0.497 e. The van der Waals surface area contributed by atoms with Crippen LogP contribution >= 0.6 is 0 Å². The summed E-state index contributed by atoms with van der Waals surface area (Å²) in [5.74, 6) is -1.47. The number of Topliss-reactive ketones (excluding diaryl/α,β-unsaturated/α-hetero) is 3. The van der Waals surface area contributed by atoms with Crippen LogP contribution in [0.3, 0.4) is 0 Å². The van der Waals surface area contributed by atoms with Gasteiger partial charge in [-0.05, 0) is 23.6 Å². The molecule has 0 radical (unpaired) electrons. The molecule has 1 aliphatic rings. The van der Waals surface area contributed by atoms with Crippen LogP contribution in [-0.4, -0.2) is 24.5 Å². The molecule has 0 aliphatic heterocycles. The van der Waals surface area contributed by atoms with Crippen molar-refractivity contribution >= 4 is 17.3 Å². The molecule has 0 saturated heterocycles. The Kier molecular flexibility index (Phi) is 4.56. The summed E-state index contributed by atoms with van der Waals surface area (Å²) >= 11 is 0. The van der Waals surface area contributed by atoms with E-state index in [1.807, 2.05) is 24.3 Å². The quantitative estimate of drug-likeness (QED) is 0.799. The van der Waals surface area contributed by atoms with E-state index in [1.165, 1.54) is 0 Å². The van der Waals surface area contributed by atoms with Gasteiger partial charge in [-0.25, -0.2) is 0 Å². The average Bonchev–Trinajstić information content (AvgIpc) is 2.46. The summed E-state index contributed by atoms with van der Waals surface area (Å²) in [5, 5.41) is 0. The molecule has 0 atom stereocenters. The number of hydrogen-bond acceptors (Lipinski definition) is 4. The van der Waals surface area contributed by atoms with E-state index in [0.717, 1.165) is 11.3 Å². The molecule has 0 aromatic heterocycles. The first kappa shape index (κ1) is 15.4. The number of carbonyl (C=O) groups is 3. The van der Waals surface area contributed by atoms with Crippen LogP contribution < -0.4 is 4.74 Å². The summed E-state index contributed by atoms with van der Waals surface area (Å²) in [4.78, 5) is 36.4. The minimum absolute atomic E-state index is 0.132. The second-order valence-electron chi connectivity index (χ2n) is 5.80. The van der Waals surface area contributed by atoms with E-state index in [-0.39, 0.29) is 42.0 Å². The molecule has 1 aliphatic carbocycles. The normalized spacial score (nSPS) is 22.5. The van der Waals surface area contributed by atoms with E-state index >= 15 is 0 Å². The molecular weight excluding hydrogens is 268 g/mol. The van der Waals surface area contributed by atoms with Gasteiger partial charge >= 0.3 is 0 Å². The van der Waals surface area contributed by atoms with Crippen molar-refractivity contribution in [2.75, 3.05) is 7.11 Å². The summed E-state index contributed by atoms with van der Waals surface area (Å²) in [6.07, 6.45) is 0.502. The second-order valence-corrected chi connectivity index (χ2v) is 5.80. The highest BCUT2D eigenvalue weighted by atomic mass is 16.5. The van der Waals surface area contributed by atoms with Gasteiger partial charge in [-0.1, -0.05) is 26.0 Å². The Balaban J connectivity index is 2.16. The minimum Gasteiger partial charge on any atom is -0.497 e. The third-order valence-corrected chi connectivity index (χ3v) is 3.98. The fraction of sp³-hybridized carbons (Fsp3) is 0.471. The van der Waals surface area contributed by atoms with Crippen LogP contribution in [0, 0.1) is 11.8 Å². The summed E-state index contributed by atoms with van der Waals surface area (Å²) in [7, 11) is 1.59. The Morgan fingerprint density at radius 2 is 1.62 bits per heavy atom. The standard InChI is InChI=1S/C17H20O4/c1-10(2)17(20)16-14(18)8-12(9-15(16)19)11-4-6-13(21-3)7-5-11/h4-7,10,12,16H,8-9H2,1-3H3. The third-order valence-electron chi connectivity index (χ3n) is 3.98. The first-order valence-electron chi connectivity index (χ1n) is 7.17. The molecule has 2 rings (SSSR count). The Labute approximate surface area is 124 Å². The molecule has 0 bridgehead atoms. The van der Waals surface area contributed by atoms with Crippen molar-refractivity contribution in [3.63, 3.8) is 0 Å². The zero-order valence-electron chi connectivity index (χ0n) is 12.6. The Hall–Kier alpha value is -1.97. The van der Waals surface area contributed by atoms with Crippen LogP contribution in [0.25, 0.3) is 0 Å². The first-order valence-corrected chi connectivity index (χ1v) is 7.17. The highest BCUT2D eigenvalue weighted by Gasteiger charge is 2.40. The SMILES string of the molecule is COc1ccc(C2CC(=O)C(C(=O)C(C)C)C(=O)C2)cc1. The highest BCUT2D eigenvalue weighted by molar-refractivity contribution is 6.21. The van der Waals surface area contributed by atoms with Crippen molar-refractivity contribution in [2.24, 2.45) is 11.8 Å². The van der Waals surface area contributed by atoms with Crippen molar-refractivity contribution in [1.82, 2.24) is 0 Å². The van der Waals surface area contributed by atoms with Gasteiger partial charge in [-0.2, -0.15) is 0 Å². The molecule has 112 valence electrons. The van der Waals surface area contributed by atoms with E-state index in [1.54, 1.807) is 21.0 Å². The number of methoxy groups -OCH3 is 1. The zero-order chi connectivity index (χ0) is 15.6. The lowest BCUT2D eigenvalue weighted by atomic mass is 9.74. The van der Waals surface area contributed by atoms with E-state index in [4.69, 9.17) is 4.74 Å². The van der Waals surface area contributed by atoms with Gasteiger partial charge in [0.05, 0.1) is 7.11 Å². The average molecular weight is 288 g/mol. The van der Waals surface area contributed by atoms with Crippen molar-refractivity contribution in [2.45, 2.75) is 32.6 Å². The predicted octanol–water partition coefficient (Wildman–Crippen LogP) is 2.55. The molecule has 1 saturated carbocycles. The van der Waals surface area contributed by atoms with Gasteiger partial charge in [0.25, 0.3) is 0 Å². The fourth-order valence-corrected chi connectivity index (χ4v) is 2.74. The number of hydrogen-bond donors (Lipinski definition) is 0. The van der Waals surface area contributed by atoms with Crippen LogP contribution in [0.5, 0.6) is 5.75 Å². The van der Waals surface area contributed by atoms with Crippen molar-refractivity contribution in [3.05, 3.63) is 29.8 Å². The van der Waals surface area contributed by atoms with Crippen LogP contribution in [0.15, 0.2) is 24.3 Å². The van der Waals surface area contributed by atoms with Crippen molar-refractivity contribution in [3.8, 4) is 5.75 Å². The maximum Gasteiger partial charge on any atom is 0.153 e. The summed E-state index contributed by atoms with van der Waals surface area (Å²) in [6, 6.07) is 7.37. The zero-order valence-corrected chi connectivity index (χ0v) is 12.6. The molecule has 0 unspecified atom stereocenters. The summed E-state index contributed by atoms with van der Waals surface area (Å²) in [5.41, 5.74) is 0.938. The molecule has 4 heteroatoms.